The Kier molecular flexibility index (Phi) is 8.87. The molecule has 0 saturated carbocycles. The van der Waals surface area contributed by atoms with E-state index in [2.05, 4.69) is 42.8 Å². The smallest absolute Gasteiger partial charge is 0.175 e. The summed E-state index contributed by atoms with van der Waals surface area (Å²) in [6.07, 6.45) is 1.23. The summed E-state index contributed by atoms with van der Waals surface area (Å²) in [4.78, 5) is 7.04. The molecule has 2 aromatic carbocycles. The highest BCUT2D eigenvalue weighted by molar-refractivity contribution is 7.90. The molecule has 196 valence electrons. The lowest BCUT2D eigenvalue weighted by Gasteiger charge is -2.22. The minimum Gasteiger partial charge on any atom is -0.303 e. The van der Waals surface area contributed by atoms with Gasteiger partial charge in [0.1, 0.15) is 0 Å². The minimum absolute atomic E-state index is 0.316. The molecule has 0 aliphatic rings. The Bertz CT molecular complexity index is 1460. The maximum Gasteiger partial charge on any atom is 0.175 e. The van der Waals surface area contributed by atoms with Crippen LogP contribution in [0.4, 0.5) is 0 Å². The van der Waals surface area contributed by atoms with Gasteiger partial charge in [-0.3, -0.25) is 4.90 Å². The van der Waals surface area contributed by atoms with Crippen LogP contribution < -0.4 is 0 Å². The number of likely N-dealkylation sites (N-methyl/N-ethyl adjacent to an activating group) is 2. The fourth-order valence-electron chi connectivity index (χ4n) is 4.21. The molecular formula is C28H33ClN4O2S2. The van der Waals surface area contributed by atoms with E-state index < -0.39 is 9.84 Å². The van der Waals surface area contributed by atoms with Crippen LogP contribution in [0.25, 0.3) is 26.7 Å². The molecule has 0 atom stereocenters. The van der Waals surface area contributed by atoms with Crippen molar-refractivity contribution >= 4 is 32.8 Å². The predicted molar refractivity (Wildman–Crippen MR) is 155 cm³/mol. The maximum absolute atomic E-state index is 12.1. The Labute approximate surface area is 229 Å². The molecule has 0 radical (unpaired) electrons. The minimum atomic E-state index is -3.28. The molecule has 0 bridgehead atoms. The van der Waals surface area contributed by atoms with Crippen LogP contribution in [-0.2, 0) is 16.4 Å². The van der Waals surface area contributed by atoms with Crippen LogP contribution in [0.5, 0.6) is 0 Å². The predicted octanol–water partition coefficient (Wildman–Crippen LogP) is 6.10. The zero-order valence-electron chi connectivity index (χ0n) is 21.7. The van der Waals surface area contributed by atoms with Gasteiger partial charge in [-0.1, -0.05) is 49.7 Å². The number of nitrogens with zero attached hydrogens (tertiary/aromatic N) is 4. The third-order valence-electron chi connectivity index (χ3n) is 6.37. The van der Waals surface area contributed by atoms with Gasteiger partial charge in [0.25, 0.3) is 0 Å². The Morgan fingerprint density at radius 3 is 2.38 bits per heavy atom. The van der Waals surface area contributed by atoms with Crippen LogP contribution >= 0.6 is 22.9 Å². The zero-order chi connectivity index (χ0) is 26.6. The molecule has 0 aliphatic heterocycles. The van der Waals surface area contributed by atoms with Crippen molar-refractivity contribution in [2.24, 2.45) is 0 Å². The lowest BCUT2D eigenvalue weighted by molar-refractivity contribution is 0.235. The van der Waals surface area contributed by atoms with Gasteiger partial charge in [0, 0.05) is 30.8 Å². The molecule has 9 heteroatoms. The molecule has 6 nitrogen and oxygen atoms in total. The molecule has 0 spiro atoms. The zero-order valence-corrected chi connectivity index (χ0v) is 24.1. The van der Waals surface area contributed by atoms with E-state index in [9.17, 15) is 8.42 Å². The molecule has 0 aliphatic carbocycles. The van der Waals surface area contributed by atoms with Gasteiger partial charge in [-0.05, 0) is 68.2 Å². The van der Waals surface area contributed by atoms with E-state index in [1.165, 1.54) is 6.26 Å². The SMILES string of the molecule is CCN(CC)CCN(C)Cc1cc(-c2ccc(-c3cccc(S(C)(=O)=O)c3)s2)n(-c2ccccc2Cl)n1. The normalized spacial score (nSPS) is 12.1. The van der Waals surface area contributed by atoms with Gasteiger partial charge in [-0.25, -0.2) is 13.1 Å². The Morgan fingerprint density at radius 2 is 1.68 bits per heavy atom. The molecule has 0 fully saturated rings. The average Bonchev–Trinajstić information content (AvgIpc) is 3.52. The van der Waals surface area contributed by atoms with Gasteiger partial charge >= 0.3 is 0 Å². The number of thiophene rings is 1. The second-order valence-corrected chi connectivity index (χ2v) is 12.6. The van der Waals surface area contributed by atoms with Crippen LogP contribution in [0.2, 0.25) is 5.02 Å². The van der Waals surface area contributed by atoms with Gasteiger partial charge in [-0.15, -0.1) is 11.3 Å². The van der Waals surface area contributed by atoms with Gasteiger partial charge in [0.15, 0.2) is 9.84 Å². The van der Waals surface area contributed by atoms with Crippen molar-refractivity contribution in [3.63, 3.8) is 0 Å². The summed E-state index contributed by atoms with van der Waals surface area (Å²) in [6.45, 7) is 9.16. The molecule has 4 rings (SSSR count). The second kappa shape index (κ2) is 11.9. The number of para-hydroxylation sites is 1. The van der Waals surface area contributed by atoms with E-state index >= 15 is 0 Å². The first-order chi connectivity index (χ1) is 17.7. The third kappa shape index (κ3) is 6.69. The van der Waals surface area contributed by atoms with E-state index in [-0.39, 0.29) is 0 Å². The first kappa shape index (κ1) is 27.5. The van der Waals surface area contributed by atoms with Gasteiger partial charge in [0.2, 0.25) is 0 Å². The van der Waals surface area contributed by atoms with Crippen LogP contribution in [0.3, 0.4) is 0 Å². The number of benzene rings is 2. The molecular weight excluding hydrogens is 524 g/mol. The first-order valence-electron chi connectivity index (χ1n) is 12.3. The number of sulfone groups is 1. The van der Waals surface area contributed by atoms with Gasteiger partial charge in [0.05, 0.1) is 31.9 Å². The van der Waals surface area contributed by atoms with Crippen molar-refractivity contribution < 1.29 is 8.42 Å². The Hall–Kier alpha value is -2.49. The number of rotatable bonds is 11. The monoisotopic (exact) mass is 556 g/mol. The van der Waals surface area contributed by atoms with E-state index in [4.69, 9.17) is 16.7 Å². The quantitative estimate of drug-likeness (QED) is 0.223. The molecule has 0 unspecified atom stereocenters. The van der Waals surface area contributed by atoms with E-state index in [1.54, 1.807) is 29.5 Å². The van der Waals surface area contributed by atoms with Crippen LogP contribution in [0, 0.1) is 0 Å². The number of hydrogen-bond donors (Lipinski definition) is 0. The number of hydrogen-bond acceptors (Lipinski definition) is 6. The van der Waals surface area contributed by atoms with Crippen molar-refractivity contribution in [3.8, 4) is 26.7 Å². The maximum atomic E-state index is 12.1. The lowest BCUT2D eigenvalue weighted by atomic mass is 10.2. The van der Waals surface area contributed by atoms with E-state index in [1.807, 2.05) is 41.1 Å². The standard InChI is InChI=1S/C28H33ClN4O2S2/c1-5-32(6-2)17-16-31(3)20-22-19-26(33(30-22)25-13-8-7-12-24(25)29)28-15-14-27(36-28)21-10-9-11-23(18-21)37(4,34)35/h7-15,18-19H,5-6,16-17,20H2,1-4H3. The lowest BCUT2D eigenvalue weighted by Crippen LogP contribution is -2.32. The first-order valence-corrected chi connectivity index (χ1v) is 15.4. The van der Waals surface area contributed by atoms with Crippen molar-refractivity contribution in [2.45, 2.75) is 25.3 Å². The summed E-state index contributed by atoms with van der Waals surface area (Å²) in [7, 11) is -1.16. The fourth-order valence-corrected chi connectivity index (χ4v) is 6.09. The molecule has 37 heavy (non-hydrogen) atoms. The Balaban J connectivity index is 1.67. The summed E-state index contributed by atoms with van der Waals surface area (Å²) in [5.74, 6) is 0. The average molecular weight is 557 g/mol. The highest BCUT2D eigenvalue weighted by Gasteiger charge is 2.18. The Morgan fingerprint density at radius 1 is 0.946 bits per heavy atom. The molecule has 2 heterocycles. The van der Waals surface area contributed by atoms with Crippen LogP contribution in [0.1, 0.15) is 19.5 Å². The van der Waals surface area contributed by atoms with Crippen molar-refractivity contribution in [3.05, 3.63) is 77.4 Å². The molecule has 0 N–H and O–H groups in total. The summed E-state index contributed by atoms with van der Waals surface area (Å²) in [5.41, 5.74) is 3.62. The summed E-state index contributed by atoms with van der Waals surface area (Å²) in [6, 6.07) is 21.0. The summed E-state index contributed by atoms with van der Waals surface area (Å²) >= 11 is 8.19. The topological polar surface area (TPSA) is 58.4 Å². The molecule has 0 amide bonds. The van der Waals surface area contributed by atoms with Gasteiger partial charge < -0.3 is 4.90 Å². The van der Waals surface area contributed by atoms with Crippen molar-refractivity contribution in [2.75, 3.05) is 39.5 Å². The number of halogens is 1. The van der Waals surface area contributed by atoms with Crippen molar-refractivity contribution in [1.82, 2.24) is 19.6 Å². The molecule has 0 saturated heterocycles. The largest absolute Gasteiger partial charge is 0.303 e. The fraction of sp³-hybridized carbons (Fsp3) is 0.321. The third-order valence-corrected chi connectivity index (χ3v) is 8.96. The van der Waals surface area contributed by atoms with Crippen molar-refractivity contribution in [1.29, 1.82) is 0 Å². The van der Waals surface area contributed by atoms with E-state index in [0.29, 0.717) is 9.92 Å². The van der Waals surface area contributed by atoms with Gasteiger partial charge in [-0.2, -0.15) is 5.10 Å². The molecule has 4 aromatic rings. The summed E-state index contributed by atoms with van der Waals surface area (Å²) < 4.78 is 26.0. The van der Waals surface area contributed by atoms with Crippen LogP contribution in [0.15, 0.2) is 71.6 Å². The molecule has 2 aromatic heterocycles. The number of aromatic nitrogens is 2. The highest BCUT2D eigenvalue weighted by atomic mass is 35.5. The second-order valence-electron chi connectivity index (χ2n) is 9.11. The summed E-state index contributed by atoms with van der Waals surface area (Å²) in [5, 5.41) is 5.59. The van der Waals surface area contributed by atoms with Crippen LogP contribution in [-0.4, -0.2) is 67.5 Å². The van der Waals surface area contributed by atoms with E-state index in [0.717, 1.165) is 65.1 Å². The highest BCUT2D eigenvalue weighted by Crippen LogP contribution is 2.37.